The van der Waals surface area contributed by atoms with Crippen LogP contribution in [-0.4, -0.2) is 33.7 Å². The summed E-state index contributed by atoms with van der Waals surface area (Å²) < 4.78 is 0. The highest BCUT2D eigenvalue weighted by atomic mass is 35.5. The average molecular weight is 425 g/mol. The van der Waals surface area contributed by atoms with Crippen LogP contribution in [0, 0.1) is 11.8 Å². The quantitative estimate of drug-likeness (QED) is 0.467. The summed E-state index contributed by atoms with van der Waals surface area (Å²) in [5.41, 5.74) is 0.808. The van der Waals surface area contributed by atoms with E-state index in [0.717, 1.165) is 5.56 Å². The van der Waals surface area contributed by atoms with Crippen molar-refractivity contribution in [1.29, 1.82) is 0 Å². The van der Waals surface area contributed by atoms with E-state index in [-0.39, 0.29) is 29.8 Å². The number of carbonyl (C=O) groups excluding carboxylic acids is 1. The molecule has 0 atom stereocenters. The molecular formula is C22H17ClN2O5. The van der Waals surface area contributed by atoms with E-state index >= 15 is 0 Å². The van der Waals surface area contributed by atoms with Crippen molar-refractivity contribution in [2.75, 3.05) is 6.61 Å². The zero-order valence-electron chi connectivity index (χ0n) is 15.7. The molecule has 0 bridgehead atoms. The molecule has 0 aliphatic carbocycles. The Labute approximate surface area is 176 Å². The molecule has 0 radical (unpaired) electrons. The number of carboxylic acid groups (broad SMARTS) is 1. The lowest BCUT2D eigenvalue weighted by Crippen LogP contribution is -2.31. The van der Waals surface area contributed by atoms with Gasteiger partial charge < -0.3 is 20.5 Å². The second kappa shape index (κ2) is 9.27. The third kappa shape index (κ3) is 4.87. The molecule has 1 amide bonds. The lowest BCUT2D eigenvalue weighted by Gasteiger charge is -2.11. The molecule has 3 rings (SSSR count). The predicted octanol–water partition coefficient (Wildman–Crippen LogP) is 2.08. The van der Waals surface area contributed by atoms with Gasteiger partial charge in [0, 0.05) is 33.7 Å². The lowest BCUT2D eigenvalue weighted by atomic mass is 10.0. The first kappa shape index (κ1) is 21.1. The Kier molecular flexibility index (Phi) is 6.52. The van der Waals surface area contributed by atoms with Crippen molar-refractivity contribution in [3.63, 3.8) is 0 Å². The van der Waals surface area contributed by atoms with E-state index in [0.29, 0.717) is 16.1 Å². The molecule has 0 spiro atoms. The summed E-state index contributed by atoms with van der Waals surface area (Å²) in [5.74, 6) is 3.33. The van der Waals surface area contributed by atoms with Crippen LogP contribution in [0.25, 0.3) is 10.9 Å². The van der Waals surface area contributed by atoms with E-state index in [2.05, 4.69) is 22.1 Å². The second-order valence-corrected chi connectivity index (χ2v) is 6.84. The Bertz CT molecular complexity index is 1240. The van der Waals surface area contributed by atoms with Crippen molar-refractivity contribution in [1.82, 2.24) is 10.3 Å². The standard InChI is InChI=1S/C22H17ClN2O5/c23-15-6-3-14(4-7-15)12-24-22(30)20-18(11-19(27)28)25-17-8-5-13(2-1-9-26)10-16(17)21(20)29/h3-8,10,26H,9,11-12H2,(H,24,30)(H,25,29)(H,27,28). The number of aliphatic carboxylic acids is 1. The van der Waals surface area contributed by atoms with Gasteiger partial charge in [-0.3, -0.25) is 14.4 Å². The number of carbonyl (C=O) groups is 2. The highest BCUT2D eigenvalue weighted by Gasteiger charge is 2.20. The number of aromatic amines is 1. The minimum atomic E-state index is -1.18. The zero-order chi connectivity index (χ0) is 21.7. The Morgan fingerprint density at radius 2 is 1.87 bits per heavy atom. The van der Waals surface area contributed by atoms with Crippen LogP contribution in [0.3, 0.4) is 0 Å². The molecule has 0 fully saturated rings. The molecule has 3 aromatic rings. The van der Waals surface area contributed by atoms with Gasteiger partial charge in [-0.25, -0.2) is 0 Å². The molecule has 0 aliphatic rings. The first-order valence-electron chi connectivity index (χ1n) is 8.92. The van der Waals surface area contributed by atoms with Crippen molar-refractivity contribution in [3.05, 3.63) is 80.1 Å². The van der Waals surface area contributed by atoms with Gasteiger partial charge in [0.05, 0.1) is 6.42 Å². The van der Waals surface area contributed by atoms with E-state index in [1.165, 1.54) is 6.07 Å². The monoisotopic (exact) mass is 424 g/mol. The topological polar surface area (TPSA) is 119 Å². The largest absolute Gasteiger partial charge is 0.481 e. The minimum absolute atomic E-state index is 0.0165. The number of hydrogen-bond acceptors (Lipinski definition) is 4. The molecule has 1 aromatic heterocycles. The van der Waals surface area contributed by atoms with Crippen LogP contribution in [0.5, 0.6) is 0 Å². The summed E-state index contributed by atoms with van der Waals surface area (Å²) in [6.45, 7) is -0.188. The SMILES string of the molecule is O=C(O)Cc1[nH]c2ccc(C#CCO)cc2c(=O)c1C(=O)NCc1ccc(Cl)cc1. The van der Waals surface area contributed by atoms with Crippen molar-refractivity contribution >= 4 is 34.4 Å². The number of hydrogen-bond donors (Lipinski definition) is 4. The van der Waals surface area contributed by atoms with Crippen LogP contribution in [0.4, 0.5) is 0 Å². The van der Waals surface area contributed by atoms with E-state index in [1.54, 1.807) is 36.4 Å². The highest BCUT2D eigenvalue weighted by Crippen LogP contribution is 2.15. The third-order valence-corrected chi connectivity index (χ3v) is 4.56. The van der Waals surface area contributed by atoms with Gasteiger partial charge in [0.25, 0.3) is 5.91 Å². The van der Waals surface area contributed by atoms with E-state index in [4.69, 9.17) is 16.7 Å². The molecular weight excluding hydrogens is 408 g/mol. The number of halogens is 1. The normalized spacial score (nSPS) is 10.3. The van der Waals surface area contributed by atoms with E-state index in [9.17, 15) is 19.5 Å². The molecule has 2 aromatic carbocycles. The van der Waals surface area contributed by atoms with Crippen molar-refractivity contribution < 1.29 is 19.8 Å². The van der Waals surface area contributed by atoms with Gasteiger partial charge in [0.1, 0.15) is 12.2 Å². The summed E-state index contributed by atoms with van der Waals surface area (Å²) in [5, 5.41) is 21.4. The number of carboxylic acids is 1. The van der Waals surface area contributed by atoms with Gasteiger partial charge in [0.15, 0.2) is 0 Å². The van der Waals surface area contributed by atoms with Gasteiger partial charge in [-0.2, -0.15) is 0 Å². The molecule has 4 N–H and O–H groups in total. The van der Waals surface area contributed by atoms with Crippen molar-refractivity contribution in [2.24, 2.45) is 0 Å². The molecule has 8 heteroatoms. The van der Waals surface area contributed by atoms with Gasteiger partial charge in [-0.15, -0.1) is 0 Å². The molecule has 30 heavy (non-hydrogen) atoms. The summed E-state index contributed by atoms with van der Waals surface area (Å²) in [6, 6.07) is 11.5. The summed E-state index contributed by atoms with van der Waals surface area (Å²) in [6.07, 6.45) is -0.513. The van der Waals surface area contributed by atoms with Gasteiger partial charge in [0.2, 0.25) is 5.43 Å². The number of benzene rings is 2. The molecule has 152 valence electrons. The molecule has 0 saturated carbocycles. The number of amides is 1. The number of nitrogens with one attached hydrogen (secondary N) is 2. The third-order valence-electron chi connectivity index (χ3n) is 4.31. The van der Waals surface area contributed by atoms with Crippen LogP contribution in [0.1, 0.15) is 27.2 Å². The lowest BCUT2D eigenvalue weighted by molar-refractivity contribution is -0.136. The molecule has 7 nitrogen and oxygen atoms in total. The van der Waals surface area contributed by atoms with Crippen LogP contribution in [0.15, 0.2) is 47.3 Å². The smallest absolute Gasteiger partial charge is 0.309 e. The van der Waals surface area contributed by atoms with Crippen LogP contribution in [-0.2, 0) is 17.8 Å². The van der Waals surface area contributed by atoms with E-state index < -0.39 is 23.7 Å². The fourth-order valence-corrected chi connectivity index (χ4v) is 3.08. The van der Waals surface area contributed by atoms with Gasteiger partial charge in [-0.1, -0.05) is 35.6 Å². The van der Waals surface area contributed by atoms with Crippen molar-refractivity contribution in [3.8, 4) is 11.8 Å². The molecule has 0 aliphatic heterocycles. The maximum atomic E-state index is 13.1. The Morgan fingerprint density at radius 1 is 1.13 bits per heavy atom. The van der Waals surface area contributed by atoms with Crippen molar-refractivity contribution in [2.45, 2.75) is 13.0 Å². The highest BCUT2D eigenvalue weighted by molar-refractivity contribution is 6.30. The first-order chi connectivity index (χ1) is 14.4. The fourth-order valence-electron chi connectivity index (χ4n) is 2.95. The summed E-state index contributed by atoms with van der Waals surface area (Å²) in [4.78, 5) is 40.0. The number of aliphatic hydroxyl groups excluding tert-OH is 1. The zero-order valence-corrected chi connectivity index (χ0v) is 16.4. The van der Waals surface area contributed by atoms with Gasteiger partial charge >= 0.3 is 5.97 Å². The molecule has 1 heterocycles. The number of fused-ring (bicyclic) bond motifs is 1. The number of H-pyrrole nitrogens is 1. The summed E-state index contributed by atoms with van der Waals surface area (Å²) >= 11 is 5.85. The minimum Gasteiger partial charge on any atom is -0.481 e. The number of aromatic nitrogens is 1. The Morgan fingerprint density at radius 3 is 2.53 bits per heavy atom. The number of aliphatic hydroxyl groups is 1. The maximum Gasteiger partial charge on any atom is 0.309 e. The van der Waals surface area contributed by atoms with Crippen LogP contribution < -0.4 is 10.7 Å². The summed E-state index contributed by atoms with van der Waals surface area (Å²) in [7, 11) is 0. The van der Waals surface area contributed by atoms with Crippen LogP contribution >= 0.6 is 11.6 Å². The van der Waals surface area contributed by atoms with Gasteiger partial charge in [-0.05, 0) is 35.9 Å². The molecule has 0 unspecified atom stereocenters. The Balaban J connectivity index is 2.03. The van der Waals surface area contributed by atoms with E-state index in [1.807, 2.05) is 0 Å². The number of rotatable bonds is 5. The average Bonchev–Trinajstić information content (AvgIpc) is 2.71. The first-order valence-corrected chi connectivity index (χ1v) is 9.30. The molecule has 0 saturated heterocycles. The predicted molar refractivity (Wildman–Crippen MR) is 112 cm³/mol. The fraction of sp³-hybridized carbons (Fsp3) is 0.136. The second-order valence-electron chi connectivity index (χ2n) is 6.41. The Hall–Kier alpha value is -3.60. The van der Waals surface area contributed by atoms with Crippen LogP contribution in [0.2, 0.25) is 5.02 Å². The maximum absolute atomic E-state index is 13.1. The number of pyridine rings is 1.